The number of nitrogens with two attached hydrogens (primary N) is 1. The van der Waals surface area contributed by atoms with Crippen molar-refractivity contribution < 1.29 is 14.4 Å². The van der Waals surface area contributed by atoms with Crippen LogP contribution in [-0.4, -0.2) is 48.3 Å². The number of nitrogens with zero attached hydrogens (tertiary/aromatic N) is 1. The molecule has 0 aromatic heterocycles. The maximum Gasteiger partial charge on any atom is 0.251 e. The number of benzene rings is 1. The second-order valence-electron chi connectivity index (χ2n) is 6.83. The Morgan fingerprint density at radius 3 is 2.48 bits per heavy atom. The van der Waals surface area contributed by atoms with Crippen molar-refractivity contribution in [1.29, 1.82) is 0 Å². The maximum absolute atomic E-state index is 12.4. The second kappa shape index (κ2) is 7.65. The summed E-state index contributed by atoms with van der Waals surface area (Å²) in [4.78, 5) is 37.2. The van der Waals surface area contributed by atoms with Crippen molar-refractivity contribution in [3.63, 3.8) is 0 Å². The molecule has 4 N–H and O–H groups in total. The van der Waals surface area contributed by atoms with Crippen LogP contribution in [0.4, 0.5) is 5.69 Å². The van der Waals surface area contributed by atoms with Gasteiger partial charge < -0.3 is 16.4 Å². The van der Waals surface area contributed by atoms with Crippen LogP contribution in [0.25, 0.3) is 0 Å². The van der Waals surface area contributed by atoms with Crippen LogP contribution in [0, 0.1) is 5.92 Å². The molecular formula is C18H24N4O3. The first-order chi connectivity index (χ1) is 12.0. The van der Waals surface area contributed by atoms with E-state index in [2.05, 4.69) is 10.6 Å². The molecule has 2 fully saturated rings. The summed E-state index contributed by atoms with van der Waals surface area (Å²) in [5, 5.41) is 5.89. The van der Waals surface area contributed by atoms with Crippen LogP contribution in [0.2, 0.25) is 0 Å². The van der Waals surface area contributed by atoms with Crippen LogP contribution >= 0.6 is 0 Å². The van der Waals surface area contributed by atoms with E-state index in [1.807, 2.05) is 4.90 Å². The number of rotatable bonds is 6. The van der Waals surface area contributed by atoms with E-state index in [4.69, 9.17) is 5.73 Å². The van der Waals surface area contributed by atoms with Gasteiger partial charge in [0.05, 0.1) is 6.54 Å². The fourth-order valence-electron chi connectivity index (χ4n) is 3.05. The van der Waals surface area contributed by atoms with Gasteiger partial charge in [0.25, 0.3) is 5.91 Å². The van der Waals surface area contributed by atoms with Gasteiger partial charge in [-0.25, -0.2) is 0 Å². The van der Waals surface area contributed by atoms with Gasteiger partial charge in [-0.1, -0.05) is 6.07 Å². The van der Waals surface area contributed by atoms with Crippen LogP contribution in [-0.2, 0) is 9.59 Å². The number of hydrogen-bond acceptors (Lipinski definition) is 4. The van der Waals surface area contributed by atoms with E-state index in [0.717, 1.165) is 38.8 Å². The van der Waals surface area contributed by atoms with E-state index in [0.29, 0.717) is 11.3 Å². The highest BCUT2D eigenvalue weighted by atomic mass is 16.2. The molecule has 0 spiro atoms. The number of nitrogens with one attached hydrogen (secondary N) is 2. The van der Waals surface area contributed by atoms with Gasteiger partial charge in [-0.05, 0) is 43.9 Å². The average Bonchev–Trinajstić information content (AvgIpc) is 3.41. The van der Waals surface area contributed by atoms with Crippen molar-refractivity contribution in [1.82, 2.24) is 10.2 Å². The molecule has 1 heterocycles. The molecule has 3 rings (SSSR count). The summed E-state index contributed by atoms with van der Waals surface area (Å²) in [7, 11) is 0. The van der Waals surface area contributed by atoms with Gasteiger partial charge in [-0.2, -0.15) is 0 Å². The molecule has 25 heavy (non-hydrogen) atoms. The van der Waals surface area contributed by atoms with Crippen LogP contribution in [0.3, 0.4) is 0 Å². The minimum absolute atomic E-state index is 0.0272. The van der Waals surface area contributed by atoms with Crippen LogP contribution < -0.4 is 16.4 Å². The zero-order valence-electron chi connectivity index (χ0n) is 14.2. The van der Waals surface area contributed by atoms with E-state index in [1.54, 1.807) is 24.3 Å². The molecule has 0 bridgehead atoms. The Balaban J connectivity index is 1.51. The molecule has 1 aliphatic heterocycles. The van der Waals surface area contributed by atoms with Crippen molar-refractivity contribution in [2.24, 2.45) is 11.7 Å². The summed E-state index contributed by atoms with van der Waals surface area (Å²) in [6.45, 7) is 1.75. The minimum Gasteiger partial charge on any atom is -0.369 e. The van der Waals surface area contributed by atoms with Crippen molar-refractivity contribution in [2.45, 2.75) is 31.7 Å². The predicted octanol–water partition coefficient (Wildman–Crippen LogP) is 0.715. The third-order valence-corrected chi connectivity index (χ3v) is 4.64. The Kier molecular flexibility index (Phi) is 5.33. The molecule has 2 aliphatic rings. The Bertz CT molecular complexity index is 664. The SMILES string of the molecule is NC(=O)CN1CCC(NC(=O)c2cccc(NC(=O)C3CC3)c2)CC1. The highest BCUT2D eigenvalue weighted by Crippen LogP contribution is 2.30. The quantitative estimate of drug-likeness (QED) is 0.707. The largest absolute Gasteiger partial charge is 0.369 e. The zero-order chi connectivity index (χ0) is 17.8. The fraction of sp³-hybridized carbons (Fsp3) is 0.500. The van der Waals surface area contributed by atoms with E-state index in [-0.39, 0.29) is 36.2 Å². The first-order valence-corrected chi connectivity index (χ1v) is 8.73. The molecule has 1 aliphatic carbocycles. The lowest BCUT2D eigenvalue weighted by Crippen LogP contribution is -2.46. The van der Waals surface area contributed by atoms with Gasteiger partial charge in [0.2, 0.25) is 11.8 Å². The number of carbonyl (C=O) groups is 3. The van der Waals surface area contributed by atoms with E-state index in [1.165, 1.54) is 0 Å². The summed E-state index contributed by atoms with van der Waals surface area (Å²) in [5.74, 6) is -0.314. The van der Waals surface area contributed by atoms with E-state index < -0.39 is 0 Å². The Morgan fingerprint density at radius 2 is 1.84 bits per heavy atom. The number of likely N-dealkylation sites (tertiary alicyclic amines) is 1. The van der Waals surface area contributed by atoms with Gasteiger partial charge >= 0.3 is 0 Å². The topological polar surface area (TPSA) is 105 Å². The fourth-order valence-corrected chi connectivity index (χ4v) is 3.05. The van der Waals surface area contributed by atoms with Crippen molar-refractivity contribution in [3.8, 4) is 0 Å². The Morgan fingerprint density at radius 1 is 1.12 bits per heavy atom. The zero-order valence-corrected chi connectivity index (χ0v) is 14.2. The monoisotopic (exact) mass is 344 g/mol. The normalized spacial score (nSPS) is 18.6. The molecule has 1 aromatic rings. The number of primary amides is 1. The number of hydrogen-bond donors (Lipinski definition) is 3. The maximum atomic E-state index is 12.4. The standard InChI is InChI=1S/C18H24N4O3/c19-16(23)11-22-8-6-14(7-9-22)20-18(25)13-2-1-3-15(10-13)21-17(24)12-4-5-12/h1-3,10,12,14H,4-9,11H2,(H2,19,23)(H,20,25)(H,21,24). The molecule has 0 radical (unpaired) electrons. The lowest BCUT2D eigenvalue weighted by molar-refractivity contribution is -0.119. The molecule has 0 atom stereocenters. The molecule has 134 valence electrons. The molecular weight excluding hydrogens is 320 g/mol. The van der Waals surface area contributed by atoms with Gasteiger partial charge in [0.1, 0.15) is 0 Å². The van der Waals surface area contributed by atoms with Crippen LogP contribution in [0.1, 0.15) is 36.0 Å². The van der Waals surface area contributed by atoms with Crippen molar-refractivity contribution >= 4 is 23.4 Å². The second-order valence-corrected chi connectivity index (χ2v) is 6.83. The molecule has 1 saturated carbocycles. The first kappa shape index (κ1) is 17.4. The Hall–Kier alpha value is -2.41. The van der Waals surface area contributed by atoms with Crippen molar-refractivity contribution in [2.75, 3.05) is 25.0 Å². The summed E-state index contributed by atoms with van der Waals surface area (Å²) in [6, 6.07) is 7.09. The summed E-state index contributed by atoms with van der Waals surface area (Å²) >= 11 is 0. The third-order valence-electron chi connectivity index (χ3n) is 4.64. The van der Waals surface area contributed by atoms with Crippen LogP contribution in [0.15, 0.2) is 24.3 Å². The summed E-state index contributed by atoms with van der Waals surface area (Å²) < 4.78 is 0. The highest BCUT2D eigenvalue weighted by Gasteiger charge is 2.29. The molecule has 3 amide bonds. The van der Waals surface area contributed by atoms with E-state index in [9.17, 15) is 14.4 Å². The molecule has 7 heteroatoms. The Labute approximate surface area is 146 Å². The highest BCUT2D eigenvalue weighted by molar-refractivity contribution is 5.98. The molecule has 1 saturated heterocycles. The molecule has 7 nitrogen and oxygen atoms in total. The van der Waals surface area contributed by atoms with Gasteiger partial charge in [0.15, 0.2) is 0 Å². The number of amides is 3. The summed E-state index contributed by atoms with van der Waals surface area (Å²) in [6.07, 6.45) is 3.47. The smallest absolute Gasteiger partial charge is 0.251 e. The van der Waals surface area contributed by atoms with Gasteiger partial charge in [-0.15, -0.1) is 0 Å². The molecule has 0 unspecified atom stereocenters. The molecule has 1 aromatic carbocycles. The van der Waals surface area contributed by atoms with Crippen LogP contribution in [0.5, 0.6) is 0 Å². The number of piperidine rings is 1. The average molecular weight is 344 g/mol. The first-order valence-electron chi connectivity index (χ1n) is 8.73. The summed E-state index contributed by atoms with van der Waals surface area (Å²) in [5.41, 5.74) is 6.39. The van der Waals surface area contributed by atoms with Gasteiger partial charge in [-0.3, -0.25) is 19.3 Å². The lowest BCUT2D eigenvalue weighted by atomic mass is 10.0. The van der Waals surface area contributed by atoms with Gasteiger partial charge in [0, 0.05) is 36.3 Å². The lowest BCUT2D eigenvalue weighted by Gasteiger charge is -2.31. The predicted molar refractivity (Wildman–Crippen MR) is 93.9 cm³/mol. The van der Waals surface area contributed by atoms with E-state index >= 15 is 0 Å². The number of carbonyl (C=O) groups excluding carboxylic acids is 3. The minimum atomic E-state index is -0.326. The number of anilines is 1. The third kappa shape index (κ3) is 5.03. The van der Waals surface area contributed by atoms with Crippen molar-refractivity contribution in [3.05, 3.63) is 29.8 Å².